The van der Waals surface area contributed by atoms with E-state index < -0.39 is 0 Å². The molecule has 0 atom stereocenters. The van der Waals surface area contributed by atoms with Crippen LogP contribution in [0.1, 0.15) is 0 Å². The first kappa shape index (κ1) is 21.9. The van der Waals surface area contributed by atoms with Gasteiger partial charge >= 0.3 is 0 Å². The van der Waals surface area contributed by atoms with Crippen LogP contribution in [0.15, 0.2) is 66.6 Å². The number of hydrogen-bond acceptors (Lipinski definition) is 2. The van der Waals surface area contributed by atoms with Crippen LogP contribution in [0.5, 0.6) is 11.5 Å². The van der Waals surface area contributed by atoms with E-state index in [9.17, 15) is 0 Å². The third-order valence-corrected chi connectivity index (χ3v) is 7.10. The maximum absolute atomic E-state index is 5.73. The monoisotopic (exact) mass is 655 g/mol. The van der Waals surface area contributed by atoms with Crippen molar-refractivity contribution in [1.29, 1.82) is 0 Å². The van der Waals surface area contributed by atoms with Gasteiger partial charge in [-0.05, 0) is 61.7 Å². The van der Waals surface area contributed by atoms with Crippen molar-refractivity contribution >= 4 is 74.5 Å². The van der Waals surface area contributed by atoms with Crippen LogP contribution in [0.3, 0.4) is 0 Å². The molecule has 0 N–H and O–H groups in total. The molecule has 0 saturated heterocycles. The molecule has 7 heteroatoms. The van der Waals surface area contributed by atoms with E-state index in [-0.39, 0.29) is 0 Å². The number of aryl methyl sites for hydroxylation is 1. The normalized spacial score (nSPS) is 11.2. The van der Waals surface area contributed by atoms with Crippen LogP contribution in [-0.2, 0) is 7.05 Å². The molecule has 0 fully saturated rings. The molecule has 0 bridgehead atoms. The summed E-state index contributed by atoms with van der Waals surface area (Å²) >= 11 is 14.5. The van der Waals surface area contributed by atoms with Crippen molar-refractivity contribution in [3.63, 3.8) is 0 Å². The molecule has 0 aliphatic rings. The van der Waals surface area contributed by atoms with Gasteiger partial charge in [0.15, 0.2) is 0 Å². The fourth-order valence-corrected chi connectivity index (χ4v) is 6.61. The summed E-state index contributed by atoms with van der Waals surface area (Å²) in [7, 11) is 5.44. The van der Waals surface area contributed by atoms with Crippen molar-refractivity contribution in [3.05, 3.63) is 66.6 Å². The number of methoxy groups -OCH3 is 2. The van der Waals surface area contributed by atoms with Crippen molar-refractivity contribution in [1.82, 2.24) is 4.57 Å². The molecule has 1 aromatic heterocycles. The maximum Gasteiger partial charge on any atom is 0.142 e. The van der Waals surface area contributed by atoms with E-state index in [1.165, 1.54) is 0 Å². The first-order valence-electron chi connectivity index (χ1n) is 9.00. The number of ether oxygens (including phenoxy) is 2. The van der Waals surface area contributed by atoms with Gasteiger partial charge < -0.3 is 14.0 Å². The van der Waals surface area contributed by atoms with Crippen molar-refractivity contribution in [2.24, 2.45) is 7.05 Å². The van der Waals surface area contributed by atoms with Crippen LogP contribution in [0, 0.1) is 0 Å². The average molecular weight is 659 g/mol. The summed E-state index contributed by atoms with van der Waals surface area (Å²) in [6.07, 6.45) is 2.16. The van der Waals surface area contributed by atoms with Crippen LogP contribution in [0.25, 0.3) is 33.2 Å². The highest BCUT2D eigenvalue weighted by Crippen LogP contribution is 2.46. The highest BCUT2D eigenvalue weighted by Gasteiger charge is 2.20. The van der Waals surface area contributed by atoms with Crippen molar-refractivity contribution < 1.29 is 9.47 Å². The molecule has 154 valence electrons. The standard InChI is InChI=1S/C23H17Br4NO2/c1-28-11-18-14(16-7-12(24)9-19(26)22(16)29-2)5-4-6-15(18)21(28)17-8-13(25)10-20(27)23(17)30-3/h4-11H,1-3H3. The van der Waals surface area contributed by atoms with E-state index in [1.807, 2.05) is 12.1 Å². The number of aromatic nitrogens is 1. The quantitative estimate of drug-likeness (QED) is 0.219. The second kappa shape index (κ2) is 8.69. The average Bonchev–Trinajstić information content (AvgIpc) is 3.02. The maximum atomic E-state index is 5.73. The lowest BCUT2D eigenvalue weighted by atomic mass is 9.98. The van der Waals surface area contributed by atoms with Gasteiger partial charge in [-0.2, -0.15) is 0 Å². The Labute approximate surface area is 208 Å². The van der Waals surface area contributed by atoms with E-state index in [0.717, 1.165) is 62.5 Å². The molecule has 3 aromatic carbocycles. The highest BCUT2D eigenvalue weighted by molar-refractivity contribution is 9.11. The largest absolute Gasteiger partial charge is 0.495 e. The molecule has 0 spiro atoms. The summed E-state index contributed by atoms with van der Waals surface area (Å²) in [4.78, 5) is 0. The number of halogens is 4. The van der Waals surface area contributed by atoms with Crippen LogP contribution in [0.4, 0.5) is 0 Å². The summed E-state index contributed by atoms with van der Waals surface area (Å²) in [6.45, 7) is 0. The van der Waals surface area contributed by atoms with Crippen molar-refractivity contribution in [3.8, 4) is 33.9 Å². The zero-order chi connectivity index (χ0) is 21.6. The third kappa shape index (κ3) is 3.74. The second-order valence-corrected chi connectivity index (χ2v) is 10.3. The lowest BCUT2D eigenvalue weighted by molar-refractivity contribution is 0.413. The molecule has 0 aliphatic heterocycles. The van der Waals surface area contributed by atoms with E-state index in [2.05, 4.69) is 112 Å². The van der Waals surface area contributed by atoms with Gasteiger partial charge in [-0.3, -0.25) is 0 Å². The zero-order valence-electron chi connectivity index (χ0n) is 16.4. The highest BCUT2D eigenvalue weighted by atomic mass is 79.9. The minimum absolute atomic E-state index is 0.800. The van der Waals surface area contributed by atoms with Gasteiger partial charge in [-0.15, -0.1) is 0 Å². The Morgan fingerprint density at radius 2 is 1.27 bits per heavy atom. The SMILES string of the molecule is COc1c(Br)cc(Br)cc1-c1cccc2c(-c3cc(Br)cc(Br)c3OC)n(C)cc12. The Kier molecular flexibility index (Phi) is 6.35. The lowest BCUT2D eigenvalue weighted by Gasteiger charge is -2.14. The predicted molar refractivity (Wildman–Crippen MR) is 138 cm³/mol. The van der Waals surface area contributed by atoms with E-state index >= 15 is 0 Å². The van der Waals surface area contributed by atoms with Gasteiger partial charge in [0.25, 0.3) is 0 Å². The predicted octanol–water partition coefficient (Wildman–Crippen LogP) is 8.58. The van der Waals surface area contributed by atoms with Gasteiger partial charge in [-0.25, -0.2) is 0 Å². The molecule has 4 aromatic rings. The Morgan fingerprint density at radius 3 is 1.87 bits per heavy atom. The Bertz CT molecular complexity index is 1280. The molecule has 0 radical (unpaired) electrons. The van der Waals surface area contributed by atoms with Crippen LogP contribution >= 0.6 is 63.7 Å². The number of fused-ring (bicyclic) bond motifs is 1. The second-order valence-electron chi connectivity index (χ2n) is 6.79. The molecule has 30 heavy (non-hydrogen) atoms. The van der Waals surface area contributed by atoms with Gasteiger partial charge in [0.2, 0.25) is 0 Å². The van der Waals surface area contributed by atoms with E-state index in [4.69, 9.17) is 9.47 Å². The minimum atomic E-state index is 0.800. The van der Waals surface area contributed by atoms with E-state index in [0.29, 0.717) is 0 Å². The molecular weight excluding hydrogens is 642 g/mol. The van der Waals surface area contributed by atoms with Crippen LogP contribution in [-0.4, -0.2) is 18.8 Å². The van der Waals surface area contributed by atoms with Crippen LogP contribution in [0.2, 0.25) is 0 Å². The van der Waals surface area contributed by atoms with Gasteiger partial charge in [0, 0.05) is 44.1 Å². The van der Waals surface area contributed by atoms with Crippen molar-refractivity contribution in [2.75, 3.05) is 14.2 Å². The van der Waals surface area contributed by atoms with Gasteiger partial charge in [-0.1, -0.05) is 50.1 Å². The Hall–Kier alpha value is -1.28. The molecule has 0 unspecified atom stereocenters. The van der Waals surface area contributed by atoms with Crippen molar-refractivity contribution in [2.45, 2.75) is 0 Å². The zero-order valence-corrected chi connectivity index (χ0v) is 22.7. The number of nitrogens with zero attached hydrogens (tertiary/aromatic N) is 1. The molecule has 3 nitrogen and oxygen atoms in total. The first-order chi connectivity index (χ1) is 14.3. The summed E-state index contributed by atoms with van der Waals surface area (Å²) < 4.78 is 17.4. The molecule has 4 rings (SSSR count). The topological polar surface area (TPSA) is 23.4 Å². The lowest BCUT2D eigenvalue weighted by Crippen LogP contribution is -1.95. The molecule has 0 amide bonds. The smallest absolute Gasteiger partial charge is 0.142 e. The fourth-order valence-electron chi connectivity index (χ4n) is 3.84. The summed E-state index contributed by atoms with van der Waals surface area (Å²) in [6, 6.07) is 14.5. The summed E-state index contributed by atoms with van der Waals surface area (Å²) in [5, 5.41) is 2.27. The summed E-state index contributed by atoms with van der Waals surface area (Å²) in [5.74, 6) is 1.60. The molecule has 1 heterocycles. The molecule has 0 aliphatic carbocycles. The minimum Gasteiger partial charge on any atom is -0.495 e. The Balaban J connectivity index is 2.06. The Morgan fingerprint density at radius 1 is 0.700 bits per heavy atom. The fraction of sp³-hybridized carbons (Fsp3) is 0.130. The molecular formula is C23H17Br4NO2. The summed E-state index contributed by atoms with van der Waals surface area (Å²) in [5.41, 5.74) is 4.21. The van der Waals surface area contributed by atoms with Gasteiger partial charge in [0.1, 0.15) is 11.5 Å². The van der Waals surface area contributed by atoms with E-state index in [1.54, 1.807) is 14.2 Å². The molecule has 0 saturated carbocycles. The van der Waals surface area contributed by atoms with Crippen LogP contribution < -0.4 is 9.47 Å². The number of rotatable bonds is 4. The third-order valence-electron chi connectivity index (χ3n) is 5.01. The first-order valence-corrected chi connectivity index (χ1v) is 12.2. The number of benzene rings is 3. The van der Waals surface area contributed by atoms with Gasteiger partial charge in [0.05, 0.1) is 28.9 Å². The number of hydrogen-bond donors (Lipinski definition) is 0.